The number of para-hydroxylation sites is 1. The van der Waals surface area contributed by atoms with Crippen molar-refractivity contribution in [3.05, 3.63) is 36.0 Å². The maximum Gasteiger partial charge on any atom is 0.326 e. The maximum atomic E-state index is 12.7. The summed E-state index contributed by atoms with van der Waals surface area (Å²) in [5.74, 6) is -2.65. The molecular weight excluding hydrogens is 610 g/mol. The van der Waals surface area contributed by atoms with Crippen LogP contribution in [0, 0.1) is 0 Å². The summed E-state index contributed by atoms with van der Waals surface area (Å²) >= 11 is 0. The van der Waals surface area contributed by atoms with Crippen LogP contribution in [0.5, 0.6) is 0 Å². The van der Waals surface area contributed by atoms with Crippen LogP contribution in [0.15, 0.2) is 30.5 Å². The van der Waals surface area contributed by atoms with Crippen molar-refractivity contribution in [3.63, 3.8) is 0 Å². The molecule has 0 radical (unpaired) electrons. The second-order valence-electron chi connectivity index (χ2n) is 13.2. The number of aromatic amines is 1. The monoisotopic (exact) mass is 667 g/mol. The van der Waals surface area contributed by atoms with Crippen molar-refractivity contribution in [1.29, 1.82) is 0 Å². The van der Waals surface area contributed by atoms with E-state index in [4.69, 9.17) is 0 Å². The van der Waals surface area contributed by atoms with Crippen LogP contribution < -0.4 is 21.3 Å². The summed E-state index contributed by atoms with van der Waals surface area (Å²) in [5.41, 5.74) is 1.61. The van der Waals surface area contributed by atoms with Crippen LogP contribution in [0.25, 0.3) is 10.9 Å². The zero-order valence-corrected chi connectivity index (χ0v) is 28.7. The SMILES string of the molecule is CCCCCCCCCCCCCCCC(=O)NCCCC[C@@H]1NC(=O)[C@H](CC(=O)N[C@@H](Cc2c[nH]c3ccccc23)C(=O)O)NC1=O. The van der Waals surface area contributed by atoms with Crippen LogP contribution in [-0.2, 0) is 30.4 Å². The molecule has 1 aromatic carbocycles. The zero-order valence-electron chi connectivity index (χ0n) is 28.7. The molecule has 3 atom stereocenters. The molecule has 1 aliphatic heterocycles. The van der Waals surface area contributed by atoms with Crippen molar-refractivity contribution in [3.8, 4) is 0 Å². The minimum Gasteiger partial charge on any atom is -0.480 e. The van der Waals surface area contributed by atoms with E-state index in [0.717, 1.165) is 29.3 Å². The Morgan fingerprint density at radius 2 is 1.38 bits per heavy atom. The van der Waals surface area contributed by atoms with E-state index in [2.05, 4.69) is 33.2 Å². The molecule has 11 heteroatoms. The second-order valence-corrected chi connectivity index (χ2v) is 13.2. The number of carbonyl (C=O) groups excluding carboxylic acids is 4. The number of amides is 4. The topological polar surface area (TPSA) is 169 Å². The Bertz CT molecular complexity index is 1310. The van der Waals surface area contributed by atoms with Crippen LogP contribution >= 0.6 is 0 Å². The molecule has 0 unspecified atom stereocenters. The molecule has 0 spiro atoms. The van der Waals surface area contributed by atoms with E-state index >= 15 is 0 Å². The number of carboxylic acid groups (broad SMARTS) is 1. The predicted molar refractivity (Wildman–Crippen MR) is 187 cm³/mol. The Labute approximate surface area is 285 Å². The van der Waals surface area contributed by atoms with Gasteiger partial charge in [-0.15, -0.1) is 0 Å². The molecule has 48 heavy (non-hydrogen) atoms. The van der Waals surface area contributed by atoms with E-state index in [9.17, 15) is 29.1 Å². The Kier molecular flexibility index (Phi) is 17.6. The number of rotatable bonds is 25. The number of carbonyl (C=O) groups is 5. The lowest BCUT2D eigenvalue weighted by Gasteiger charge is -2.29. The van der Waals surface area contributed by atoms with E-state index in [0.29, 0.717) is 32.2 Å². The van der Waals surface area contributed by atoms with Gasteiger partial charge in [0.25, 0.3) is 0 Å². The minimum atomic E-state index is -1.19. The van der Waals surface area contributed by atoms with E-state index in [1.165, 1.54) is 70.6 Å². The molecule has 4 amide bonds. The second kappa shape index (κ2) is 21.9. The van der Waals surface area contributed by atoms with E-state index in [1.807, 2.05) is 24.3 Å². The molecule has 0 aliphatic carbocycles. The number of hydrogen-bond donors (Lipinski definition) is 6. The first-order valence-electron chi connectivity index (χ1n) is 18.2. The molecule has 0 bridgehead atoms. The summed E-state index contributed by atoms with van der Waals surface area (Å²) in [6.45, 7) is 2.77. The number of aliphatic carboxylic acids is 1. The summed E-state index contributed by atoms with van der Waals surface area (Å²) < 4.78 is 0. The first-order valence-corrected chi connectivity index (χ1v) is 18.2. The molecule has 1 aliphatic rings. The molecule has 2 heterocycles. The standard InChI is InChI=1S/C37H57N5O6/c1-2-3-4-5-6-7-8-9-10-11-12-13-14-22-33(43)38-23-18-17-21-30-35(45)42-31(36(46)41-30)25-34(44)40-32(37(47)48)24-27-26-39-29-20-16-15-19-28(27)29/h15-16,19-20,26,30-32,39H,2-14,17-18,21-25H2,1H3,(H,38,43)(H,40,44)(H,41,46)(H,42,45)(H,47,48)/t30-,31-,32-/m0/s1. The molecule has 11 nitrogen and oxygen atoms in total. The summed E-state index contributed by atoms with van der Waals surface area (Å²) in [5, 5.41) is 21.3. The third-order valence-corrected chi connectivity index (χ3v) is 9.14. The lowest BCUT2D eigenvalue weighted by Crippen LogP contribution is -2.62. The number of fused-ring (bicyclic) bond motifs is 1. The Balaban J connectivity index is 1.21. The highest BCUT2D eigenvalue weighted by Gasteiger charge is 2.35. The van der Waals surface area contributed by atoms with Crippen molar-refractivity contribution in [2.24, 2.45) is 0 Å². The average molecular weight is 668 g/mol. The van der Waals surface area contributed by atoms with Crippen molar-refractivity contribution in [2.45, 2.75) is 147 Å². The third-order valence-electron chi connectivity index (χ3n) is 9.14. The van der Waals surface area contributed by atoms with Gasteiger partial charge in [-0.2, -0.15) is 0 Å². The van der Waals surface area contributed by atoms with Crippen LogP contribution in [0.1, 0.15) is 128 Å². The molecule has 0 saturated carbocycles. The van der Waals surface area contributed by atoms with Gasteiger partial charge < -0.3 is 31.4 Å². The molecule has 3 rings (SSSR count). The van der Waals surface area contributed by atoms with Gasteiger partial charge in [0.05, 0.1) is 6.42 Å². The largest absolute Gasteiger partial charge is 0.480 e. The van der Waals surface area contributed by atoms with Crippen molar-refractivity contribution < 1.29 is 29.1 Å². The zero-order chi connectivity index (χ0) is 34.6. The van der Waals surface area contributed by atoms with E-state index in [1.54, 1.807) is 6.20 Å². The predicted octanol–water partition coefficient (Wildman–Crippen LogP) is 5.42. The van der Waals surface area contributed by atoms with Gasteiger partial charge in [-0.3, -0.25) is 19.2 Å². The molecule has 6 N–H and O–H groups in total. The van der Waals surface area contributed by atoms with Gasteiger partial charge in [0.2, 0.25) is 23.6 Å². The van der Waals surface area contributed by atoms with E-state index in [-0.39, 0.29) is 24.7 Å². The maximum absolute atomic E-state index is 12.7. The van der Waals surface area contributed by atoms with Gasteiger partial charge in [0.1, 0.15) is 18.1 Å². The average Bonchev–Trinajstić information content (AvgIpc) is 3.47. The molecule has 266 valence electrons. The fourth-order valence-corrected chi connectivity index (χ4v) is 6.27. The van der Waals surface area contributed by atoms with Gasteiger partial charge in [0, 0.05) is 36.5 Å². The molecule has 1 aromatic heterocycles. The van der Waals surface area contributed by atoms with Crippen LogP contribution in [0.4, 0.5) is 0 Å². The first kappa shape index (κ1) is 38.6. The number of H-pyrrole nitrogens is 1. The molecule has 1 saturated heterocycles. The third kappa shape index (κ3) is 14.1. The van der Waals surface area contributed by atoms with Crippen LogP contribution in [0.3, 0.4) is 0 Å². The minimum absolute atomic E-state index is 0.0505. The fourth-order valence-electron chi connectivity index (χ4n) is 6.27. The van der Waals surface area contributed by atoms with Crippen LogP contribution in [-0.4, -0.2) is 64.4 Å². The number of hydrogen-bond acceptors (Lipinski definition) is 5. The summed E-state index contributed by atoms with van der Waals surface area (Å²) in [6, 6.07) is 4.48. The number of piperazine rings is 1. The Morgan fingerprint density at radius 3 is 2.04 bits per heavy atom. The van der Waals surface area contributed by atoms with Gasteiger partial charge in [-0.1, -0.05) is 102 Å². The van der Waals surface area contributed by atoms with Crippen molar-refractivity contribution >= 4 is 40.5 Å². The highest BCUT2D eigenvalue weighted by Crippen LogP contribution is 2.19. The number of nitrogens with one attached hydrogen (secondary N) is 5. The lowest BCUT2D eigenvalue weighted by atomic mass is 10.0. The summed E-state index contributed by atoms with van der Waals surface area (Å²) in [7, 11) is 0. The van der Waals surface area contributed by atoms with Gasteiger partial charge in [0.15, 0.2) is 0 Å². The van der Waals surface area contributed by atoms with Crippen LogP contribution in [0.2, 0.25) is 0 Å². The Morgan fingerprint density at radius 1 is 0.771 bits per heavy atom. The van der Waals surface area contributed by atoms with Gasteiger partial charge in [-0.05, 0) is 37.3 Å². The summed E-state index contributed by atoms with van der Waals surface area (Å²) in [4.78, 5) is 65.1. The quantitative estimate of drug-likeness (QED) is 0.0773. The van der Waals surface area contributed by atoms with Crippen molar-refractivity contribution in [1.82, 2.24) is 26.3 Å². The first-order chi connectivity index (χ1) is 23.3. The van der Waals surface area contributed by atoms with Crippen molar-refractivity contribution in [2.75, 3.05) is 6.54 Å². The van der Waals surface area contributed by atoms with Gasteiger partial charge >= 0.3 is 5.97 Å². The highest BCUT2D eigenvalue weighted by atomic mass is 16.4. The normalized spacial score (nSPS) is 16.7. The summed E-state index contributed by atoms with van der Waals surface area (Å²) in [6.07, 6.45) is 20.2. The fraction of sp³-hybridized carbons (Fsp3) is 0.649. The van der Waals surface area contributed by atoms with E-state index < -0.39 is 35.9 Å². The number of unbranched alkanes of at least 4 members (excludes halogenated alkanes) is 13. The number of aromatic nitrogens is 1. The molecule has 1 fully saturated rings. The smallest absolute Gasteiger partial charge is 0.326 e. The molecule has 2 aromatic rings. The molecular formula is C37H57N5O6. The lowest BCUT2D eigenvalue weighted by molar-refractivity contribution is -0.142. The Hall–Kier alpha value is -3.89. The highest BCUT2D eigenvalue weighted by molar-refractivity contribution is 5.99. The number of benzene rings is 1. The number of carboxylic acids is 1. The van der Waals surface area contributed by atoms with Gasteiger partial charge in [-0.25, -0.2) is 4.79 Å².